The molecule has 0 N–H and O–H groups in total. The number of hydrogen-bond donors (Lipinski definition) is 0. The van der Waals surface area contributed by atoms with Crippen LogP contribution in [0.1, 0.15) is 54.4 Å². The van der Waals surface area contributed by atoms with Crippen molar-refractivity contribution in [1.82, 2.24) is 0 Å². The standard InChI is InChI=1S/C15H30O2Si/c1-7-14(15(16)8-2)13(6)12-17-18(9-3,10-4)11-5/h12,14H,7-11H2,1-6H3/b13-12+. The fourth-order valence-electron chi connectivity index (χ4n) is 2.35. The zero-order valence-electron chi connectivity index (χ0n) is 13.0. The van der Waals surface area contributed by atoms with Crippen LogP contribution in [0.3, 0.4) is 0 Å². The SMILES string of the molecule is CCC(=O)C(CC)/C(C)=C/O[Si](CC)(CC)CC. The molecule has 0 saturated carbocycles. The lowest BCUT2D eigenvalue weighted by Gasteiger charge is -2.27. The van der Waals surface area contributed by atoms with Gasteiger partial charge in [0.05, 0.1) is 6.26 Å². The summed E-state index contributed by atoms with van der Waals surface area (Å²) in [6.45, 7) is 12.7. The van der Waals surface area contributed by atoms with E-state index in [9.17, 15) is 4.79 Å². The molecule has 0 aromatic carbocycles. The molecule has 1 unspecified atom stereocenters. The highest BCUT2D eigenvalue weighted by atomic mass is 28.4. The molecule has 3 heteroatoms. The van der Waals surface area contributed by atoms with Crippen molar-refractivity contribution >= 4 is 14.1 Å². The van der Waals surface area contributed by atoms with Gasteiger partial charge in [0.15, 0.2) is 0 Å². The van der Waals surface area contributed by atoms with Gasteiger partial charge in [-0.3, -0.25) is 4.79 Å². The molecule has 0 spiro atoms. The normalized spacial score (nSPS) is 14.4. The van der Waals surface area contributed by atoms with Crippen LogP contribution in [0.15, 0.2) is 11.8 Å². The molecular formula is C15H30O2Si. The molecule has 2 nitrogen and oxygen atoms in total. The van der Waals surface area contributed by atoms with Crippen molar-refractivity contribution in [3.8, 4) is 0 Å². The fourth-order valence-corrected chi connectivity index (χ4v) is 4.79. The van der Waals surface area contributed by atoms with Gasteiger partial charge in [-0.15, -0.1) is 0 Å². The molecule has 18 heavy (non-hydrogen) atoms. The lowest BCUT2D eigenvalue weighted by molar-refractivity contribution is -0.121. The Morgan fingerprint density at radius 3 is 1.94 bits per heavy atom. The molecule has 0 aliphatic carbocycles. The molecule has 0 bridgehead atoms. The van der Waals surface area contributed by atoms with E-state index >= 15 is 0 Å². The fraction of sp³-hybridized carbons (Fsp3) is 0.800. The van der Waals surface area contributed by atoms with Gasteiger partial charge in [-0.1, -0.05) is 34.6 Å². The average Bonchev–Trinajstić information content (AvgIpc) is 2.41. The number of rotatable bonds is 9. The van der Waals surface area contributed by atoms with Gasteiger partial charge in [-0.05, 0) is 37.0 Å². The van der Waals surface area contributed by atoms with Gasteiger partial charge in [0, 0.05) is 12.3 Å². The smallest absolute Gasteiger partial charge is 0.249 e. The van der Waals surface area contributed by atoms with Crippen LogP contribution >= 0.6 is 0 Å². The summed E-state index contributed by atoms with van der Waals surface area (Å²) in [5.41, 5.74) is 1.09. The van der Waals surface area contributed by atoms with E-state index in [1.807, 2.05) is 20.1 Å². The highest BCUT2D eigenvalue weighted by Gasteiger charge is 2.29. The minimum atomic E-state index is -1.57. The number of carbonyl (C=O) groups is 1. The molecule has 106 valence electrons. The van der Waals surface area contributed by atoms with Crippen molar-refractivity contribution < 1.29 is 9.22 Å². The summed E-state index contributed by atoms with van der Waals surface area (Å²) in [6, 6.07) is 3.42. The maximum Gasteiger partial charge on any atom is 0.249 e. The van der Waals surface area contributed by atoms with Crippen LogP contribution in [0.4, 0.5) is 0 Å². The highest BCUT2D eigenvalue weighted by Crippen LogP contribution is 2.24. The van der Waals surface area contributed by atoms with Crippen molar-refractivity contribution in [3.05, 3.63) is 11.8 Å². The van der Waals surface area contributed by atoms with E-state index in [0.717, 1.165) is 30.1 Å². The zero-order valence-corrected chi connectivity index (χ0v) is 14.0. The monoisotopic (exact) mass is 270 g/mol. The van der Waals surface area contributed by atoms with Crippen LogP contribution < -0.4 is 0 Å². The van der Waals surface area contributed by atoms with Crippen molar-refractivity contribution in [1.29, 1.82) is 0 Å². The molecule has 0 amide bonds. The Labute approximate surface area is 114 Å². The molecule has 0 heterocycles. The van der Waals surface area contributed by atoms with E-state index in [0.29, 0.717) is 12.2 Å². The minimum absolute atomic E-state index is 0.0484. The summed E-state index contributed by atoms with van der Waals surface area (Å²) in [6.07, 6.45) is 3.38. The van der Waals surface area contributed by atoms with Gasteiger partial charge in [0.25, 0.3) is 0 Å². The number of ketones is 1. The van der Waals surface area contributed by atoms with Gasteiger partial charge in [-0.2, -0.15) is 0 Å². The molecule has 0 aromatic rings. The molecule has 0 saturated heterocycles. The highest BCUT2D eigenvalue weighted by molar-refractivity contribution is 6.73. The predicted octanol–water partition coefficient (Wildman–Crippen LogP) is 4.92. The Bertz CT molecular complexity index is 272. The van der Waals surface area contributed by atoms with Crippen molar-refractivity contribution in [2.75, 3.05) is 0 Å². The van der Waals surface area contributed by atoms with E-state index in [-0.39, 0.29) is 5.92 Å². The molecule has 1 atom stereocenters. The Hall–Kier alpha value is -0.573. The summed E-state index contributed by atoms with van der Waals surface area (Å²) in [5, 5.41) is 0. The Morgan fingerprint density at radius 2 is 1.61 bits per heavy atom. The summed E-state index contributed by atoms with van der Waals surface area (Å²) in [4.78, 5) is 11.8. The minimum Gasteiger partial charge on any atom is -0.549 e. The number of hydrogen-bond acceptors (Lipinski definition) is 2. The van der Waals surface area contributed by atoms with Gasteiger partial charge in [0.2, 0.25) is 8.32 Å². The van der Waals surface area contributed by atoms with E-state index in [1.165, 1.54) is 0 Å². The van der Waals surface area contributed by atoms with Crippen LogP contribution in [0.25, 0.3) is 0 Å². The topological polar surface area (TPSA) is 26.3 Å². The second kappa shape index (κ2) is 8.52. The van der Waals surface area contributed by atoms with Crippen molar-refractivity contribution in [2.24, 2.45) is 5.92 Å². The first-order valence-corrected chi connectivity index (χ1v) is 9.90. The van der Waals surface area contributed by atoms with Gasteiger partial charge < -0.3 is 4.43 Å². The summed E-state index contributed by atoms with van der Waals surface area (Å²) in [7, 11) is -1.57. The third kappa shape index (κ3) is 4.60. The summed E-state index contributed by atoms with van der Waals surface area (Å²) >= 11 is 0. The lowest BCUT2D eigenvalue weighted by Crippen LogP contribution is -2.34. The molecule has 0 rings (SSSR count). The van der Waals surface area contributed by atoms with Crippen LogP contribution in [0, 0.1) is 5.92 Å². The van der Waals surface area contributed by atoms with E-state index < -0.39 is 8.32 Å². The number of Topliss-reactive ketones (excluding diaryl/α,β-unsaturated/α-hetero) is 1. The summed E-state index contributed by atoms with van der Waals surface area (Å²) < 4.78 is 6.14. The van der Waals surface area contributed by atoms with E-state index in [4.69, 9.17) is 4.43 Å². The predicted molar refractivity (Wildman–Crippen MR) is 81.1 cm³/mol. The molecular weight excluding hydrogens is 240 g/mol. The Balaban J connectivity index is 4.80. The second-order valence-corrected chi connectivity index (χ2v) is 9.73. The maximum absolute atomic E-state index is 11.8. The van der Waals surface area contributed by atoms with E-state index in [2.05, 4.69) is 27.7 Å². The zero-order chi connectivity index (χ0) is 14.2. The molecule has 0 aliphatic rings. The van der Waals surface area contributed by atoms with Crippen molar-refractivity contribution in [2.45, 2.75) is 72.5 Å². The first kappa shape index (κ1) is 17.4. The van der Waals surface area contributed by atoms with Gasteiger partial charge in [0.1, 0.15) is 5.78 Å². The first-order valence-electron chi connectivity index (χ1n) is 7.37. The van der Waals surface area contributed by atoms with Gasteiger partial charge in [-0.25, -0.2) is 0 Å². The third-order valence-corrected chi connectivity index (χ3v) is 8.61. The van der Waals surface area contributed by atoms with Crippen LogP contribution in [-0.4, -0.2) is 14.1 Å². The van der Waals surface area contributed by atoms with Crippen molar-refractivity contribution in [3.63, 3.8) is 0 Å². The van der Waals surface area contributed by atoms with E-state index in [1.54, 1.807) is 0 Å². The van der Waals surface area contributed by atoms with Crippen LogP contribution in [0.2, 0.25) is 18.1 Å². The third-order valence-electron chi connectivity index (χ3n) is 4.12. The first-order chi connectivity index (χ1) is 8.50. The van der Waals surface area contributed by atoms with Crippen LogP contribution in [-0.2, 0) is 9.22 Å². The maximum atomic E-state index is 11.8. The number of carbonyl (C=O) groups excluding carboxylic acids is 1. The molecule has 0 fully saturated rings. The van der Waals surface area contributed by atoms with Gasteiger partial charge >= 0.3 is 0 Å². The lowest BCUT2D eigenvalue weighted by atomic mass is 9.93. The van der Waals surface area contributed by atoms with Crippen LogP contribution in [0.5, 0.6) is 0 Å². The molecule has 0 radical (unpaired) electrons. The molecule has 0 aliphatic heterocycles. The Kier molecular flexibility index (Phi) is 8.24. The Morgan fingerprint density at radius 1 is 1.11 bits per heavy atom. The quantitative estimate of drug-likeness (QED) is 0.439. The average molecular weight is 270 g/mol. The second-order valence-electron chi connectivity index (χ2n) is 5.00. The summed E-state index contributed by atoms with van der Waals surface area (Å²) in [5.74, 6) is 0.374. The molecule has 0 aromatic heterocycles. The largest absolute Gasteiger partial charge is 0.549 e. The number of allylic oxidation sites excluding steroid dienone is 1.